The van der Waals surface area contributed by atoms with Crippen molar-refractivity contribution in [2.45, 2.75) is 26.8 Å². The minimum Gasteiger partial charge on any atom is -0.455 e. The van der Waals surface area contributed by atoms with Gasteiger partial charge in [0.25, 0.3) is 5.91 Å². The van der Waals surface area contributed by atoms with Gasteiger partial charge in [-0.05, 0) is 30.5 Å². The van der Waals surface area contributed by atoms with Gasteiger partial charge in [0.05, 0.1) is 5.92 Å². The lowest BCUT2D eigenvalue weighted by Crippen LogP contribution is -2.28. The van der Waals surface area contributed by atoms with E-state index >= 15 is 0 Å². The zero-order valence-electron chi connectivity index (χ0n) is 16.1. The van der Waals surface area contributed by atoms with Crippen molar-refractivity contribution in [1.82, 2.24) is 4.90 Å². The number of hydrogen-bond donors (Lipinski definition) is 1. The van der Waals surface area contributed by atoms with Crippen molar-refractivity contribution in [1.29, 1.82) is 0 Å². The van der Waals surface area contributed by atoms with Crippen molar-refractivity contribution >= 4 is 23.5 Å². The maximum absolute atomic E-state index is 12.3. The molecule has 2 aromatic carbocycles. The standard InChI is InChI=1S/C22H24N2O4/c1-15-7-6-8-16(2)21(15)23-19(25)14-28-22(27)18-11-20(26)24(13-18)12-17-9-4-3-5-10-17/h3-10,18H,11-14H2,1-2H3,(H,23,25)/t18-/m0/s1. The van der Waals surface area contributed by atoms with Crippen molar-refractivity contribution in [2.75, 3.05) is 18.5 Å². The van der Waals surface area contributed by atoms with Gasteiger partial charge in [-0.15, -0.1) is 0 Å². The third-order valence-electron chi connectivity index (χ3n) is 4.86. The summed E-state index contributed by atoms with van der Waals surface area (Å²) in [6.07, 6.45) is 0.115. The Kier molecular flexibility index (Phi) is 6.09. The molecule has 1 heterocycles. The molecule has 1 atom stereocenters. The molecule has 0 unspecified atom stereocenters. The van der Waals surface area contributed by atoms with Crippen molar-refractivity contribution in [2.24, 2.45) is 5.92 Å². The van der Waals surface area contributed by atoms with Gasteiger partial charge in [-0.1, -0.05) is 48.5 Å². The van der Waals surface area contributed by atoms with E-state index in [0.717, 1.165) is 22.4 Å². The molecule has 1 aliphatic rings. The highest BCUT2D eigenvalue weighted by Crippen LogP contribution is 2.22. The van der Waals surface area contributed by atoms with Gasteiger partial charge in [0.2, 0.25) is 5.91 Å². The average molecular weight is 380 g/mol. The van der Waals surface area contributed by atoms with Crippen molar-refractivity contribution in [3.63, 3.8) is 0 Å². The first-order valence-corrected chi connectivity index (χ1v) is 9.28. The van der Waals surface area contributed by atoms with E-state index in [1.807, 2.05) is 62.4 Å². The molecule has 0 aromatic heterocycles. The number of nitrogens with one attached hydrogen (secondary N) is 1. The number of ether oxygens (including phenoxy) is 1. The lowest BCUT2D eigenvalue weighted by molar-refractivity contribution is -0.151. The summed E-state index contributed by atoms with van der Waals surface area (Å²) in [5.74, 6) is -1.52. The van der Waals surface area contributed by atoms with Crippen LogP contribution >= 0.6 is 0 Å². The quantitative estimate of drug-likeness (QED) is 0.782. The highest BCUT2D eigenvalue weighted by atomic mass is 16.5. The Bertz CT molecular complexity index is 859. The zero-order chi connectivity index (χ0) is 20.1. The fourth-order valence-electron chi connectivity index (χ4n) is 3.33. The number of aryl methyl sites for hydroxylation is 2. The second-order valence-corrected chi connectivity index (χ2v) is 7.08. The van der Waals surface area contributed by atoms with Gasteiger partial charge >= 0.3 is 5.97 Å². The van der Waals surface area contributed by atoms with Crippen LogP contribution in [0.1, 0.15) is 23.1 Å². The molecule has 146 valence electrons. The number of carbonyl (C=O) groups is 3. The summed E-state index contributed by atoms with van der Waals surface area (Å²) in [6, 6.07) is 15.3. The van der Waals surface area contributed by atoms with Crippen LogP contribution < -0.4 is 5.32 Å². The maximum atomic E-state index is 12.3. The van der Waals surface area contributed by atoms with Gasteiger partial charge in [0.15, 0.2) is 6.61 Å². The summed E-state index contributed by atoms with van der Waals surface area (Å²) in [7, 11) is 0. The Morgan fingerprint density at radius 2 is 1.75 bits per heavy atom. The molecule has 0 bridgehead atoms. The molecule has 3 rings (SSSR count). The molecule has 2 amide bonds. The third kappa shape index (κ3) is 4.76. The predicted molar refractivity (Wildman–Crippen MR) is 105 cm³/mol. The summed E-state index contributed by atoms with van der Waals surface area (Å²) in [4.78, 5) is 38.3. The number of benzene rings is 2. The minimum atomic E-state index is -0.538. The normalized spacial score (nSPS) is 16.1. The molecule has 2 aromatic rings. The minimum absolute atomic E-state index is 0.0780. The highest BCUT2D eigenvalue weighted by molar-refractivity contribution is 5.95. The summed E-state index contributed by atoms with van der Waals surface area (Å²) in [6.45, 7) is 4.22. The van der Waals surface area contributed by atoms with Crippen LogP contribution in [0.3, 0.4) is 0 Å². The van der Waals surface area contributed by atoms with E-state index in [4.69, 9.17) is 4.74 Å². The van der Waals surface area contributed by atoms with Gasteiger partial charge in [-0.2, -0.15) is 0 Å². The molecule has 0 saturated carbocycles. The summed E-state index contributed by atoms with van der Waals surface area (Å²) < 4.78 is 5.16. The number of esters is 1. The van der Waals surface area contributed by atoms with Crippen LogP contribution in [0.2, 0.25) is 0 Å². The Balaban J connectivity index is 1.50. The van der Waals surface area contributed by atoms with Gasteiger partial charge < -0.3 is 15.0 Å². The summed E-state index contributed by atoms with van der Waals surface area (Å²) in [5, 5.41) is 2.78. The number of rotatable bonds is 6. The molecule has 1 N–H and O–H groups in total. The van der Waals surface area contributed by atoms with Crippen LogP contribution in [0.25, 0.3) is 0 Å². The lowest BCUT2D eigenvalue weighted by Gasteiger charge is -2.16. The molecule has 1 fully saturated rings. The number of likely N-dealkylation sites (tertiary alicyclic amines) is 1. The molecule has 0 radical (unpaired) electrons. The van der Waals surface area contributed by atoms with Crippen LogP contribution in [0, 0.1) is 19.8 Å². The van der Waals surface area contributed by atoms with E-state index in [9.17, 15) is 14.4 Å². The van der Waals surface area contributed by atoms with E-state index < -0.39 is 17.8 Å². The van der Waals surface area contributed by atoms with Crippen LogP contribution in [0.15, 0.2) is 48.5 Å². The average Bonchev–Trinajstić information content (AvgIpc) is 3.04. The SMILES string of the molecule is Cc1cccc(C)c1NC(=O)COC(=O)[C@H]1CC(=O)N(Cc2ccccc2)C1. The molecule has 1 aliphatic heterocycles. The molecular weight excluding hydrogens is 356 g/mol. The maximum Gasteiger partial charge on any atom is 0.311 e. The molecule has 0 spiro atoms. The Labute approximate surface area is 164 Å². The van der Waals surface area contributed by atoms with E-state index in [-0.39, 0.29) is 18.9 Å². The van der Waals surface area contributed by atoms with Crippen LogP contribution in [0.5, 0.6) is 0 Å². The van der Waals surface area contributed by atoms with Crippen LogP contribution in [0.4, 0.5) is 5.69 Å². The first-order chi connectivity index (χ1) is 13.4. The van der Waals surface area contributed by atoms with Crippen molar-refractivity contribution in [3.8, 4) is 0 Å². The molecular formula is C22H24N2O4. The second-order valence-electron chi connectivity index (χ2n) is 7.08. The van der Waals surface area contributed by atoms with E-state index in [0.29, 0.717) is 13.1 Å². The monoisotopic (exact) mass is 380 g/mol. The first-order valence-electron chi connectivity index (χ1n) is 9.28. The van der Waals surface area contributed by atoms with Crippen molar-refractivity contribution < 1.29 is 19.1 Å². The number of anilines is 1. The number of amides is 2. The fourth-order valence-corrected chi connectivity index (χ4v) is 3.33. The predicted octanol–water partition coefficient (Wildman–Crippen LogP) is 2.83. The first kappa shape index (κ1) is 19.6. The molecule has 28 heavy (non-hydrogen) atoms. The number of para-hydroxylation sites is 1. The molecule has 0 aliphatic carbocycles. The topological polar surface area (TPSA) is 75.7 Å². The number of nitrogens with zero attached hydrogens (tertiary/aromatic N) is 1. The van der Waals surface area contributed by atoms with E-state index in [2.05, 4.69) is 5.32 Å². The lowest BCUT2D eigenvalue weighted by atomic mass is 10.1. The zero-order valence-corrected chi connectivity index (χ0v) is 16.1. The largest absolute Gasteiger partial charge is 0.455 e. The Morgan fingerprint density at radius 1 is 1.07 bits per heavy atom. The summed E-state index contributed by atoms with van der Waals surface area (Å²) in [5.41, 5.74) is 3.63. The molecule has 1 saturated heterocycles. The van der Waals surface area contributed by atoms with E-state index in [1.54, 1.807) is 4.90 Å². The van der Waals surface area contributed by atoms with Crippen LogP contribution in [-0.2, 0) is 25.7 Å². The van der Waals surface area contributed by atoms with Crippen molar-refractivity contribution in [3.05, 3.63) is 65.2 Å². The Hall–Kier alpha value is -3.15. The number of carbonyl (C=O) groups excluding carboxylic acids is 3. The highest BCUT2D eigenvalue weighted by Gasteiger charge is 2.35. The van der Waals surface area contributed by atoms with Gasteiger partial charge in [-0.3, -0.25) is 14.4 Å². The Morgan fingerprint density at radius 3 is 2.43 bits per heavy atom. The van der Waals surface area contributed by atoms with Gasteiger partial charge in [-0.25, -0.2) is 0 Å². The summed E-state index contributed by atoms with van der Waals surface area (Å²) >= 11 is 0. The smallest absolute Gasteiger partial charge is 0.311 e. The second kappa shape index (κ2) is 8.69. The third-order valence-corrected chi connectivity index (χ3v) is 4.86. The molecule has 6 heteroatoms. The fraction of sp³-hybridized carbons (Fsp3) is 0.318. The number of hydrogen-bond acceptors (Lipinski definition) is 4. The van der Waals surface area contributed by atoms with E-state index in [1.165, 1.54) is 0 Å². The molecule has 6 nitrogen and oxygen atoms in total. The van der Waals surface area contributed by atoms with Gasteiger partial charge in [0.1, 0.15) is 0 Å². The van der Waals surface area contributed by atoms with Crippen LogP contribution in [-0.4, -0.2) is 35.8 Å². The van der Waals surface area contributed by atoms with Gasteiger partial charge in [0, 0.05) is 25.2 Å².